The molecule has 1 saturated heterocycles. The lowest BCUT2D eigenvalue weighted by atomic mass is 9.85. The Morgan fingerprint density at radius 3 is 2.27 bits per heavy atom. The number of rotatable bonds is 2. The number of hydrogen-bond acceptors (Lipinski definition) is 3. The van der Waals surface area contributed by atoms with Crippen LogP contribution in [0.5, 0.6) is 0 Å². The second kappa shape index (κ2) is 4.43. The highest BCUT2D eigenvalue weighted by atomic mass is 35.5. The minimum Gasteiger partial charge on any atom is -0.366 e. The summed E-state index contributed by atoms with van der Waals surface area (Å²) < 4.78 is 0. The van der Waals surface area contributed by atoms with Gasteiger partial charge in [-0.3, -0.25) is 14.4 Å². The van der Waals surface area contributed by atoms with Gasteiger partial charge in [-0.2, -0.15) is 0 Å². The molecule has 3 aliphatic rings. The molecule has 0 aromatic heterocycles. The number of primary amides is 1. The van der Waals surface area contributed by atoms with E-state index in [1.54, 1.807) is 6.07 Å². The normalized spacial score (nSPS) is 32.0. The highest BCUT2D eigenvalue weighted by Crippen LogP contribution is 2.53. The molecule has 4 atom stereocenters. The summed E-state index contributed by atoms with van der Waals surface area (Å²) in [5, 5.41) is 0.206. The number of allylic oxidation sites excluding steroid dienone is 2. The maximum absolute atomic E-state index is 12.7. The van der Waals surface area contributed by atoms with Crippen LogP contribution in [0.2, 0.25) is 5.02 Å². The van der Waals surface area contributed by atoms with Gasteiger partial charge in [0.25, 0.3) is 0 Å². The van der Waals surface area contributed by atoms with Crippen molar-refractivity contribution in [1.29, 1.82) is 0 Å². The Bertz CT molecular complexity index is 728. The molecule has 1 aromatic carbocycles. The van der Waals surface area contributed by atoms with Crippen LogP contribution in [-0.2, 0) is 9.59 Å². The van der Waals surface area contributed by atoms with Crippen LogP contribution in [0.3, 0.4) is 0 Å². The Balaban J connectivity index is 1.76. The lowest BCUT2D eigenvalue weighted by Crippen LogP contribution is -2.33. The number of nitrogens with zero attached hydrogens (tertiary/aromatic N) is 1. The van der Waals surface area contributed by atoms with E-state index in [4.69, 9.17) is 17.3 Å². The first-order valence-electron chi connectivity index (χ1n) is 7.14. The molecule has 6 heteroatoms. The highest BCUT2D eigenvalue weighted by Gasteiger charge is 2.59. The van der Waals surface area contributed by atoms with Crippen LogP contribution in [0.25, 0.3) is 0 Å². The zero-order valence-corrected chi connectivity index (χ0v) is 12.3. The van der Waals surface area contributed by atoms with Gasteiger partial charge in [0.15, 0.2) is 0 Å². The Hall–Kier alpha value is -2.14. The number of benzene rings is 1. The van der Waals surface area contributed by atoms with Crippen molar-refractivity contribution in [3.8, 4) is 0 Å². The van der Waals surface area contributed by atoms with Gasteiger partial charge < -0.3 is 5.73 Å². The van der Waals surface area contributed by atoms with Gasteiger partial charge in [-0.05, 0) is 36.5 Å². The monoisotopic (exact) mass is 316 g/mol. The molecule has 1 saturated carbocycles. The topological polar surface area (TPSA) is 80.5 Å². The smallest absolute Gasteiger partial charge is 0.250 e. The van der Waals surface area contributed by atoms with Crippen molar-refractivity contribution in [2.75, 3.05) is 4.90 Å². The zero-order valence-electron chi connectivity index (χ0n) is 11.5. The van der Waals surface area contributed by atoms with Gasteiger partial charge in [-0.25, -0.2) is 4.90 Å². The minimum absolute atomic E-state index is 0.109. The molecule has 2 bridgehead atoms. The minimum atomic E-state index is -0.687. The average Bonchev–Trinajstić information content (AvgIpc) is 3.14. The van der Waals surface area contributed by atoms with E-state index in [1.165, 1.54) is 17.0 Å². The Morgan fingerprint density at radius 2 is 1.73 bits per heavy atom. The maximum Gasteiger partial charge on any atom is 0.250 e. The summed E-state index contributed by atoms with van der Waals surface area (Å²) in [6.07, 6.45) is 4.96. The van der Waals surface area contributed by atoms with E-state index in [9.17, 15) is 14.4 Å². The van der Waals surface area contributed by atoms with E-state index >= 15 is 0 Å². The van der Waals surface area contributed by atoms with Crippen LogP contribution >= 0.6 is 11.6 Å². The quantitative estimate of drug-likeness (QED) is 0.666. The van der Waals surface area contributed by atoms with Gasteiger partial charge in [0.05, 0.1) is 28.1 Å². The predicted molar refractivity (Wildman–Crippen MR) is 80.2 cm³/mol. The average molecular weight is 317 g/mol. The van der Waals surface area contributed by atoms with Crippen molar-refractivity contribution >= 4 is 35.0 Å². The molecule has 112 valence electrons. The molecule has 0 radical (unpaired) electrons. The van der Waals surface area contributed by atoms with Gasteiger partial charge in [0, 0.05) is 0 Å². The lowest BCUT2D eigenvalue weighted by molar-refractivity contribution is -0.123. The number of hydrogen-bond donors (Lipinski definition) is 1. The third-order valence-electron chi connectivity index (χ3n) is 4.94. The summed E-state index contributed by atoms with van der Waals surface area (Å²) >= 11 is 5.92. The van der Waals surface area contributed by atoms with E-state index in [-0.39, 0.29) is 46.1 Å². The molecule has 0 spiro atoms. The molecule has 2 fully saturated rings. The summed E-state index contributed by atoms with van der Waals surface area (Å²) in [6, 6.07) is 4.47. The summed E-state index contributed by atoms with van der Waals surface area (Å²) in [6.45, 7) is 0. The van der Waals surface area contributed by atoms with Crippen molar-refractivity contribution in [2.45, 2.75) is 6.42 Å². The van der Waals surface area contributed by atoms with Crippen LogP contribution in [-0.4, -0.2) is 17.7 Å². The second-order valence-electron chi connectivity index (χ2n) is 6.04. The summed E-state index contributed by atoms with van der Waals surface area (Å²) in [7, 11) is 0. The van der Waals surface area contributed by atoms with E-state index in [0.717, 1.165) is 6.42 Å². The van der Waals surface area contributed by atoms with E-state index in [1.807, 2.05) is 12.2 Å². The molecule has 1 aromatic rings. The number of amides is 3. The van der Waals surface area contributed by atoms with E-state index < -0.39 is 5.91 Å². The zero-order chi connectivity index (χ0) is 15.6. The van der Waals surface area contributed by atoms with Crippen LogP contribution in [0.1, 0.15) is 16.8 Å². The van der Waals surface area contributed by atoms with E-state index in [0.29, 0.717) is 5.69 Å². The number of anilines is 1. The molecule has 1 aliphatic heterocycles. The number of carbonyl (C=O) groups excluding carboxylic acids is 3. The van der Waals surface area contributed by atoms with Gasteiger partial charge in [-0.1, -0.05) is 23.8 Å². The van der Waals surface area contributed by atoms with Gasteiger partial charge in [-0.15, -0.1) is 0 Å². The maximum atomic E-state index is 12.7. The molecular weight excluding hydrogens is 304 g/mol. The third kappa shape index (κ3) is 1.63. The molecule has 0 unspecified atom stereocenters. The first-order valence-corrected chi connectivity index (χ1v) is 7.52. The van der Waals surface area contributed by atoms with Crippen molar-refractivity contribution in [2.24, 2.45) is 29.4 Å². The SMILES string of the molecule is NC(=O)c1cc(N2C(=O)[C@@H]3[C@H](C2=O)[C@@H]2C=C[C@@H]3C2)ccc1Cl. The number of nitrogens with two attached hydrogens (primary N) is 1. The summed E-state index contributed by atoms with van der Waals surface area (Å²) in [5.41, 5.74) is 5.75. The number of imide groups is 1. The predicted octanol–water partition coefficient (Wildman–Crippen LogP) is 1.75. The van der Waals surface area contributed by atoms with Gasteiger partial charge in [0.2, 0.25) is 17.7 Å². The molecular formula is C16H13ClN2O3. The van der Waals surface area contributed by atoms with Crippen molar-refractivity contribution in [3.63, 3.8) is 0 Å². The van der Waals surface area contributed by atoms with Crippen LogP contribution < -0.4 is 10.6 Å². The Morgan fingerprint density at radius 1 is 1.14 bits per heavy atom. The lowest BCUT2D eigenvalue weighted by Gasteiger charge is -2.18. The number of halogens is 1. The standard InChI is InChI=1S/C16H13ClN2O3/c17-11-4-3-9(6-10(11)14(18)20)19-15(21)12-7-1-2-8(5-7)13(12)16(19)22/h1-4,6-8,12-13H,5H2,(H2,18,20)/t7-,8-,12-,13+/m1/s1. The second-order valence-corrected chi connectivity index (χ2v) is 6.45. The molecule has 5 nitrogen and oxygen atoms in total. The van der Waals surface area contributed by atoms with Crippen LogP contribution in [0, 0.1) is 23.7 Å². The molecule has 4 rings (SSSR count). The first-order chi connectivity index (χ1) is 10.5. The van der Waals surface area contributed by atoms with Gasteiger partial charge in [0.1, 0.15) is 0 Å². The Kier molecular flexibility index (Phi) is 2.72. The van der Waals surface area contributed by atoms with Crippen molar-refractivity contribution < 1.29 is 14.4 Å². The first kappa shape index (κ1) is 13.5. The van der Waals surface area contributed by atoms with E-state index in [2.05, 4.69) is 0 Å². The summed E-state index contributed by atoms with van der Waals surface area (Å²) in [4.78, 5) is 37.9. The molecule has 3 amide bonds. The van der Waals surface area contributed by atoms with Crippen molar-refractivity contribution in [1.82, 2.24) is 0 Å². The number of fused-ring (bicyclic) bond motifs is 5. The fraction of sp³-hybridized carbons (Fsp3) is 0.312. The molecule has 22 heavy (non-hydrogen) atoms. The fourth-order valence-corrected chi connectivity index (χ4v) is 4.21. The van der Waals surface area contributed by atoms with Crippen LogP contribution in [0.4, 0.5) is 5.69 Å². The third-order valence-corrected chi connectivity index (χ3v) is 5.27. The Labute approximate surface area is 131 Å². The molecule has 2 N–H and O–H groups in total. The summed E-state index contributed by atoms with van der Waals surface area (Å²) in [5.74, 6) is -1.30. The molecule has 2 aliphatic carbocycles. The largest absolute Gasteiger partial charge is 0.366 e. The number of carbonyl (C=O) groups is 3. The van der Waals surface area contributed by atoms with Crippen LogP contribution in [0.15, 0.2) is 30.4 Å². The van der Waals surface area contributed by atoms with Gasteiger partial charge >= 0.3 is 0 Å². The molecule has 1 heterocycles. The highest BCUT2D eigenvalue weighted by molar-refractivity contribution is 6.34. The van der Waals surface area contributed by atoms with Crippen molar-refractivity contribution in [3.05, 3.63) is 40.9 Å². The fourth-order valence-electron chi connectivity index (χ4n) is 4.00.